The minimum Gasteiger partial charge on any atom is -0.392 e. The monoisotopic (exact) mass is 357 g/mol. The molecule has 0 heterocycles. The number of hydrogen-bond acceptors (Lipinski definition) is 4. The second-order valence-corrected chi connectivity index (χ2v) is 9.47. The van der Waals surface area contributed by atoms with Crippen molar-refractivity contribution in [1.29, 1.82) is 0 Å². The van der Waals surface area contributed by atoms with Crippen LogP contribution in [0.25, 0.3) is 0 Å². The lowest BCUT2D eigenvalue weighted by atomic mass is 9.45. The van der Waals surface area contributed by atoms with Crippen LogP contribution in [0.2, 0.25) is 0 Å². The second kappa shape index (κ2) is 6.31. The van der Waals surface area contributed by atoms with Crippen LogP contribution >= 0.6 is 0 Å². The Balaban J connectivity index is 1.73. The number of oxime groups is 1. The van der Waals surface area contributed by atoms with Crippen LogP contribution in [0.15, 0.2) is 17.8 Å². The predicted octanol–water partition coefficient (Wildman–Crippen LogP) is 4.34. The molecule has 4 aliphatic carbocycles. The van der Waals surface area contributed by atoms with Gasteiger partial charge in [0.1, 0.15) is 18.2 Å². The van der Waals surface area contributed by atoms with Gasteiger partial charge in [-0.3, -0.25) is 9.59 Å². The van der Waals surface area contributed by atoms with Crippen molar-refractivity contribution in [2.75, 3.05) is 6.61 Å². The lowest BCUT2D eigenvalue weighted by Crippen LogP contribution is -2.57. The van der Waals surface area contributed by atoms with Crippen LogP contribution in [0.4, 0.5) is 0 Å². The molecule has 4 rings (SSSR count). The normalized spacial score (nSPS) is 46.5. The van der Waals surface area contributed by atoms with E-state index in [-0.39, 0.29) is 10.8 Å². The summed E-state index contributed by atoms with van der Waals surface area (Å²) in [6.45, 7) is 8.70. The Labute approximate surface area is 156 Å². The summed E-state index contributed by atoms with van der Waals surface area (Å²) >= 11 is 0. The van der Waals surface area contributed by atoms with E-state index in [2.05, 4.69) is 25.6 Å². The molecule has 0 spiro atoms. The van der Waals surface area contributed by atoms with Crippen LogP contribution in [0.5, 0.6) is 0 Å². The lowest BCUT2D eigenvalue weighted by Gasteiger charge is -2.59. The average Bonchev–Trinajstić information content (AvgIpc) is 2.91. The maximum Gasteiger partial charge on any atom is 0.139 e. The number of ketones is 2. The first-order valence-corrected chi connectivity index (χ1v) is 10.2. The zero-order valence-corrected chi connectivity index (χ0v) is 16.1. The van der Waals surface area contributed by atoms with Gasteiger partial charge in [0, 0.05) is 30.6 Å². The number of fused-ring (bicyclic) bond motifs is 5. The van der Waals surface area contributed by atoms with Gasteiger partial charge in [0.25, 0.3) is 0 Å². The Hall–Kier alpha value is -1.45. The molecule has 0 N–H and O–H groups in total. The number of carbonyl (C=O) groups is 2. The molecule has 0 radical (unpaired) electrons. The van der Waals surface area contributed by atoms with Crippen molar-refractivity contribution in [1.82, 2.24) is 0 Å². The van der Waals surface area contributed by atoms with Gasteiger partial charge in [-0.15, -0.1) is 0 Å². The summed E-state index contributed by atoms with van der Waals surface area (Å²) in [5.41, 5.74) is 1.12. The highest BCUT2D eigenvalue weighted by molar-refractivity contribution is 5.93. The van der Waals surface area contributed by atoms with E-state index >= 15 is 0 Å². The Bertz CT molecular complexity index is 668. The molecule has 4 fully saturated rings. The van der Waals surface area contributed by atoms with Crippen molar-refractivity contribution in [3.8, 4) is 0 Å². The van der Waals surface area contributed by atoms with Crippen molar-refractivity contribution in [3.05, 3.63) is 12.7 Å². The van der Waals surface area contributed by atoms with E-state index < -0.39 is 0 Å². The molecule has 142 valence electrons. The average molecular weight is 357 g/mol. The van der Waals surface area contributed by atoms with Crippen LogP contribution in [0.1, 0.15) is 65.2 Å². The molecular weight excluding hydrogens is 326 g/mol. The molecule has 0 bridgehead atoms. The molecule has 0 aromatic rings. The van der Waals surface area contributed by atoms with Crippen LogP contribution in [0, 0.1) is 34.5 Å². The Kier molecular flexibility index (Phi) is 4.36. The summed E-state index contributed by atoms with van der Waals surface area (Å²) in [7, 11) is 0. The molecule has 0 aliphatic heterocycles. The van der Waals surface area contributed by atoms with Crippen molar-refractivity contribution in [2.45, 2.75) is 65.2 Å². The summed E-state index contributed by atoms with van der Waals surface area (Å²) in [5, 5.41) is 4.54. The fraction of sp³-hybridized carbons (Fsp3) is 0.773. The van der Waals surface area contributed by atoms with Gasteiger partial charge in [-0.05, 0) is 55.3 Å². The zero-order chi connectivity index (χ0) is 18.5. The fourth-order valence-corrected chi connectivity index (χ4v) is 6.79. The smallest absolute Gasteiger partial charge is 0.139 e. The van der Waals surface area contributed by atoms with Gasteiger partial charge in [0.05, 0.1) is 5.71 Å². The van der Waals surface area contributed by atoms with Crippen LogP contribution in [-0.2, 0) is 14.4 Å². The van der Waals surface area contributed by atoms with Gasteiger partial charge in [0.15, 0.2) is 0 Å². The number of carbonyl (C=O) groups excluding carboxylic acids is 2. The van der Waals surface area contributed by atoms with Gasteiger partial charge in [-0.1, -0.05) is 31.7 Å². The molecule has 0 aromatic heterocycles. The number of nitrogens with zero attached hydrogens (tertiary/aromatic N) is 1. The SMILES string of the molecule is C=CCON=C1CC2CC(=O)CC[C@]2(C)[C@H]2CC[C@]3(C)C(=O)CC[C@H]3[C@H]12. The molecule has 0 saturated heterocycles. The van der Waals surface area contributed by atoms with Crippen molar-refractivity contribution in [3.63, 3.8) is 0 Å². The third-order valence-electron chi connectivity index (χ3n) is 8.39. The van der Waals surface area contributed by atoms with E-state index in [1.807, 2.05) is 0 Å². The first-order valence-electron chi connectivity index (χ1n) is 10.2. The molecular formula is C22H31NO3. The maximum absolute atomic E-state index is 12.6. The Morgan fingerprint density at radius 2 is 1.96 bits per heavy atom. The van der Waals surface area contributed by atoms with Crippen LogP contribution < -0.4 is 0 Å². The number of hydrogen-bond donors (Lipinski definition) is 0. The van der Waals surface area contributed by atoms with Crippen LogP contribution in [-0.4, -0.2) is 23.9 Å². The fourth-order valence-electron chi connectivity index (χ4n) is 6.79. The highest BCUT2D eigenvalue weighted by Gasteiger charge is 2.62. The standard InChI is InChI=1S/C22H31NO3/c1-4-11-26-23-18-13-14-12-15(24)7-9-21(14,2)17-8-10-22(3)16(20(17)18)5-6-19(22)25/h4,14,16-17,20H,1,5-13H2,2-3H3/t14?,16-,17-,20-,21-,22-/m0/s1. The molecule has 26 heavy (non-hydrogen) atoms. The van der Waals surface area contributed by atoms with Gasteiger partial charge >= 0.3 is 0 Å². The molecule has 1 unspecified atom stereocenters. The molecule has 0 aromatic carbocycles. The summed E-state index contributed by atoms with van der Waals surface area (Å²) in [6, 6.07) is 0. The number of rotatable bonds is 3. The first-order chi connectivity index (χ1) is 12.4. The Morgan fingerprint density at radius 3 is 2.73 bits per heavy atom. The third kappa shape index (κ3) is 2.51. The van der Waals surface area contributed by atoms with Gasteiger partial charge in [-0.2, -0.15) is 0 Å². The summed E-state index contributed by atoms with van der Waals surface area (Å²) < 4.78 is 0. The predicted molar refractivity (Wildman–Crippen MR) is 101 cm³/mol. The summed E-state index contributed by atoms with van der Waals surface area (Å²) in [4.78, 5) is 30.3. The van der Waals surface area contributed by atoms with E-state index in [1.165, 1.54) is 0 Å². The largest absolute Gasteiger partial charge is 0.392 e. The van der Waals surface area contributed by atoms with E-state index in [9.17, 15) is 9.59 Å². The lowest BCUT2D eigenvalue weighted by molar-refractivity contribution is -0.135. The summed E-state index contributed by atoms with van der Waals surface area (Å²) in [6.07, 6.45) is 8.72. The minimum atomic E-state index is -0.186. The molecule has 6 atom stereocenters. The number of Topliss-reactive ketones (excluding diaryl/α,β-unsaturated/α-hetero) is 2. The van der Waals surface area contributed by atoms with Crippen molar-refractivity contribution < 1.29 is 14.4 Å². The van der Waals surface area contributed by atoms with E-state index in [0.29, 0.717) is 54.7 Å². The highest BCUT2D eigenvalue weighted by atomic mass is 16.6. The highest BCUT2D eigenvalue weighted by Crippen LogP contribution is 2.64. The third-order valence-corrected chi connectivity index (χ3v) is 8.39. The molecule has 0 amide bonds. The van der Waals surface area contributed by atoms with Crippen molar-refractivity contribution in [2.24, 2.45) is 39.7 Å². The second-order valence-electron chi connectivity index (χ2n) is 9.47. The van der Waals surface area contributed by atoms with Gasteiger partial charge in [0.2, 0.25) is 0 Å². The van der Waals surface area contributed by atoms with E-state index in [0.717, 1.165) is 44.2 Å². The van der Waals surface area contributed by atoms with Gasteiger partial charge < -0.3 is 4.84 Å². The molecule has 4 nitrogen and oxygen atoms in total. The van der Waals surface area contributed by atoms with E-state index in [4.69, 9.17) is 4.84 Å². The molecule has 4 heteroatoms. The zero-order valence-electron chi connectivity index (χ0n) is 16.1. The van der Waals surface area contributed by atoms with Gasteiger partial charge in [-0.25, -0.2) is 0 Å². The maximum atomic E-state index is 12.6. The minimum absolute atomic E-state index is 0.186. The van der Waals surface area contributed by atoms with Crippen molar-refractivity contribution >= 4 is 17.3 Å². The van der Waals surface area contributed by atoms with Crippen LogP contribution in [0.3, 0.4) is 0 Å². The molecule has 4 aliphatic rings. The Morgan fingerprint density at radius 1 is 1.15 bits per heavy atom. The summed E-state index contributed by atoms with van der Waals surface area (Å²) in [5.74, 6) is 2.45. The van der Waals surface area contributed by atoms with E-state index in [1.54, 1.807) is 6.08 Å². The molecule has 4 saturated carbocycles. The quantitative estimate of drug-likeness (QED) is 0.429. The first kappa shape index (κ1) is 17.9. The topological polar surface area (TPSA) is 55.7 Å².